The molecule has 37 heavy (non-hydrogen) atoms. The first-order valence-corrected chi connectivity index (χ1v) is 13.0. The molecule has 6 nitrogen and oxygen atoms in total. The van der Waals surface area contributed by atoms with Crippen molar-refractivity contribution >= 4 is 11.7 Å². The van der Waals surface area contributed by atoms with Crippen molar-refractivity contribution in [1.29, 1.82) is 0 Å². The molecule has 7 heteroatoms. The Morgan fingerprint density at radius 2 is 1.76 bits per heavy atom. The van der Waals surface area contributed by atoms with Gasteiger partial charge in [0.25, 0.3) is 5.91 Å². The van der Waals surface area contributed by atoms with Gasteiger partial charge in [0.2, 0.25) is 0 Å². The largest absolute Gasteiger partial charge is 1.00 e. The first-order valence-electron chi connectivity index (χ1n) is 13.0. The molecule has 0 heterocycles. The number of quaternary nitrogens is 1. The topological polar surface area (TPSA) is 64.6 Å². The number of benzene rings is 2. The second-order valence-electron chi connectivity index (χ2n) is 9.72. The number of carbonyl (C=O) groups is 2. The molecule has 2 aromatic rings. The molecule has 204 valence electrons. The van der Waals surface area contributed by atoms with Gasteiger partial charge in [0.05, 0.1) is 27.2 Å². The Bertz CT molecular complexity index is 990. The molecule has 0 bridgehead atoms. The Morgan fingerprint density at radius 1 is 1.03 bits per heavy atom. The predicted molar refractivity (Wildman–Crippen MR) is 146 cm³/mol. The molecule has 0 saturated heterocycles. The summed E-state index contributed by atoms with van der Waals surface area (Å²) in [4.78, 5) is 24.2. The fourth-order valence-electron chi connectivity index (χ4n) is 3.96. The van der Waals surface area contributed by atoms with Gasteiger partial charge in [-0.05, 0) is 43.2 Å². The molecule has 0 unspecified atom stereocenters. The lowest BCUT2D eigenvalue weighted by molar-refractivity contribution is -0.882. The zero-order chi connectivity index (χ0) is 26.4. The molecule has 0 aromatic heterocycles. The summed E-state index contributed by atoms with van der Waals surface area (Å²) in [6, 6.07) is 13.0. The lowest BCUT2D eigenvalue weighted by Gasteiger charge is -2.29. The summed E-state index contributed by atoms with van der Waals surface area (Å²) in [5.41, 5.74) is 1.68. The average molecular weight is 576 g/mol. The number of allylic oxidation sites excluding steroid dienone is 1. The maximum Gasteiger partial charge on any atom is 0.275 e. The van der Waals surface area contributed by atoms with Gasteiger partial charge < -0.3 is 36.3 Å². The van der Waals surface area contributed by atoms with Crippen molar-refractivity contribution in [3.05, 3.63) is 66.2 Å². The van der Waals surface area contributed by atoms with E-state index in [1.54, 1.807) is 24.3 Å². The molecule has 0 spiro atoms. The Hall–Kier alpha value is -2.64. The van der Waals surface area contributed by atoms with Crippen LogP contribution in [0.4, 0.5) is 0 Å². The van der Waals surface area contributed by atoms with E-state index in [0.29, 0.717) is 53.3 Å². The third-order valence-electron chi connectivity index (χ3n) is 5.98. The maximum absolute atomic E-state index is 12.3. The number of nitrogens with zero attached hydrogens (tertiary/aromatic N) is 1. The standard InChI is InChI=1S/C30H42N2O4.BrH/c1-6-9-10-20-31-29(34)23-32(4,5)21-12-22-35-30-25(13-7-2)14-11-15-28(30)36-26-18-16-24(17-19-26)27(33)8-3;/h7,11,14-19H,2,6,8-10,12-13,20-23H2,1,3-5H3;1H. The molecule has 0 aliphatic rings. The molecular weight excluding hydrogens is 532 g/mol. The van der Waals surface area contributed by atoms with Crippen molar-refractivity contribution in [2.45, 2.75) is 52.4 Å². The summed E-state index contributed by atoms with van der Waals surface area (Å²) < 4.78 is 13.0. The number of para-hydroxylation sites is 1. The number of nitrogens with one attached hydrogen (secondary N) is 1. The van der Waals surface area contributed by atoms with Crippen LogP contribution in [0.1, 0.15) is 61.9 Å². The van der Waals surface area contributed by atoms with E-state index in [1.165, 1.54) is 0 Å². The lowest BCUT2D eigenvalue weighted by Crippen LogP contribution is -3.00. The van der Waals surface area contributed by atoms with E-state index >= 15 is 0 Å². The van der Waals surface area contributed by atoms with Gasteiger partial charge in [-0.25, -0.2) is 0 Å². The van der Waals surface area contributed by atoms with E-state index in [-0.39, 0.29) is 28.7 Å². The Morgan fingerprint density at radius 3 is 2.41 bits per heavy atom. The number of rotatable bonds is 17. The number of amides is 1. The zero-order valence-corrected chi connectivity index (χ0v) is 24.4. The molecule has 0 aliphatic heterocycles. The second kappa shape index (κ2) is 17.0. The first-order chi connectivity index (χ1) is 17.3. The fourth-order valence-corrected chi connectivity index (χ4v) is 3.96. The van der Waals surface area contributed by atoms with Crippen LogP contribution in [0.25, 0.3) is 0 Å². The Labute approximate surface area is 233 Å². The highest BCUT2D eigenvalue weighted by atomic mass is 79.9. The van der Waals surface area contributed by atoms with Crippen LogP contribution in [-0.2, 0) is 11.2 Å². The minimum atomic E-state index is 0. The lowest BCUT2D eigenvalue weighted by atomic mass is 10.1. The van der Waals surface area contributed by atoms with Crippen LogP contribution in [0.5, 0.6) is 17.2 Å². The monoisotopic (exact) mass is 574 g/mol. The Kier molecular flexibility index (Phi) is 14.9. The van der Waals surface area contributed by atoms with Gasteiger partial charge in [0.15, 0.2) is 23.8 Å². The van der Waals surface area contributed by atoms with Gasteiger partial charge in [-0.3, -0.25) is 9.59 Å². The molecule has 0 radical (unpaired) electrons. The number of ether oxygens (including phenoxy) is 2. The van der Waals surface area contributed by atoms with E-state index in [4.69, 9.17) is 9.47 Å². The van der Waals surface area contributed by atoms with E-state index in [1.807, 2.05) is 31.2 Å². The number of halogens is 1. The van der Waals surface area contributed by atoms with Crippen molar-refractivity contribution in [3.8, 4) is 17.2 Å². The van der Waals surface area contributed by atoms with Gasteiger partial charge in [-0.2, -0.15) is 0 Å². The number of unbranched alkanes of at least 4 members (excludes halogenated alkanes) is 2. The molecule has 2 rings (SSSR count). The minimum absolute atomic E-state index is 0. The quantitative estimate of drug-likeness (QED) is 0.136. The molecule has 2 aromatic carbocycles. The maximum atomic E-state index is 12.3. The number of carbonyl (C=O) groups excluding carboxylic acids is 2. The first kappa shape index (κ1) is 32.4. The predicted octanol–water partition coefficient (Wildman–Crippen LogP) is 2.96. The van der Waals surface area contributed by atoms with Crippen molar-refractivity contribution in [3.63, 3.8) is 0 Å². The van der Waals surface area contributed by atoms with Crippen molar-refractivity contribution < 1.29 is 40.5 Å². The van der Waals surface area contributed by atoms with Crippen molar-refractivity contribution in [1.82, 2.24) is 5.32 Å². The molecule has 1 N–H and O–H groups in total. The van der Waals surface area contributed by atoms with Crippen LogP contribution in [-0.4, -0.2) is 56.5 Å². The molecule has 0 aliphatic carbocycles. The zero-order valence-electron chi connectivity index (χ0n) is 22.9. The molecule has 1 amide bonds. The van der Waals surface area contributed by atoms with Crippen LogP contribution in [0.15, 0.2) is 55.1 Å². The second-order valence-corrected chi connectivity index (χ2v) is 9.72. The summed E-state index contributed by atoms with van der Waals surface area (Å²) in [5.74, 6) is 2.17. The summed E-state index contributed by atoms with van der Waals surface area (Å²) in [6.45, 7) is 10.4. The van der Waals surface area contributed by atoms with Gasteiger partial charge in [0, 0.05) is 30.5 Å². The highest BCUT2D eigenvalue weighted by Gasteiger charge is 2.20. The average Bonchev–Trinajstić information content (AvgIpc) is 2.85. The van der Waals surface area contributed by atoms with Crippen molar-refractivity contribution in [2.24, 2.45) is 0 Å². The summed E-state index contributed by atoms with van der Waals surface area (Å²) >= 11 is 0. The van der Waals surface area contributed by atoms with Gasteiger partial charge in [0.1, 0.15) is 5.75 Å². The van der Waals surface area contributed by atoms with Crippen LogP contribution in [0.2, 0.25) is 0 Å². The van der Waals surface area contributed by atoms with E-state index in [2.05, 4.69) is 32.9 Å². The SMILES string of the molecule is C=CCc1cccc(Oc2ccc(C(=O)CC)cc2)c1OCCC[N+](C)(C)CC(=O)NCCCCC.[Br-]. The smallest absolute Gasteiger partial charge is 0.275 e. The minimum Gasteiger partial charge on any atom is -1.00 e. The number of likely N-dealkylation sites (N-methyl/N-ethyl adjacent to an activating group) is 1. The van der Waals surface area contributed by atoms with Crippen LogP contribution in [0.3, 0.4) is 0 Å². The van der Waals surface area contributed by atoms with E-state index < -0.39 is 0 Å². The molecule has 0 saturated carbocycles. The van der Waals surface area contributed by atoms with E-state index in [9.17, 15) is 9.59 Å². The van der Waals surface area contributed by atoms with Crippen LogP contribution >= 0.6 is 0 Å². The molecular formula is C30H43BrN2O4. The fraction of sp³-hybridized carbons (Fsp3) is 0.467. The summed E-state index contributed by atoms with van der Waals surface area (Å²) in [7, 11) is 4.14. The van der Waals surface area contributed by atoms with Gasteiger partial charge in [-0.15, -0.1) is 6.58 Å². The molecule has 0 atom stereocenters. The van der Waals surface area contributed by atoms with Crippen LogP contribution in [0, 0.1) is 0 Å². The highest BCUT2D eigenvalue weighted by Crippen LogP contribution is 2.35. The third-order valence-corrected chi connectivity index (χ3v) is 5.98. The number of ketones is 1. The van der Waals surface area contributed by atoms with Crippen LogP contribution < -0.4 is 31.8 Å². The number of hydrogen-bond donors (Lipinski definition) is 1. The Balaban J connectivity index is 0.00000684. The third kappa shape index (κ3) is 11.5. The summed E-state index contributed by atoms with van der Waals surface area (Å²) in [5, 5.41) is 3.02. The number of Topliss-reactive ketones (excluding diaryl/α,β-unsaturated/α-hetero) is 1. The highest BCUT2D eigenvalue weighted by molar-refractivity contribution is 5.95. The molecule has 0 fully saturated rings. The van der Waals surface area contributed by atoms with E-state index in [0.717, 1.165) is 44.3 Å². The van der Waals surface area contributed by atoms with Gasteiger partial charge in [-0.1, -0.05) is 44.9 Å². The van der Waals surface area contributed by atoms with Gasteiger partial charge >= 0.3 is 0 Å². The summed E-state index contributed by atoms with van der Waals surface area (Å²) in [6.07, 6.45) is 7.09. The number of hydrogen-bond acceptors (Lipinski definition) is 4. The van der Waals surface area contributed by atoms with Crippen molar-refractivity contribution in [2.75, 3.05) is 40.3 Å². The normalized spacial score (nSPS) is 10.8.